The Balaban J connectivity index is 1.45. The maximum atomic E-state index is 13.9. The average Bonchev–Trinajstić information content (AvgIpc) is 3.40. The monoisotopic (exact) mass is 546 g/mol. The summed E-state index contributed by atoms with van der Waals surface area (Å²) in [5.41, 5.74) is 2.12. The van der Waals surface area contributed by atoms with Crippen LogP contribution < -0.4 is 0 Å². The molecule has 5 aliphatic carbocycles. The molecule has 7 atom stereocenters. The van der Waals surface area contributed by atoms with Gasteiger partial charge in [0.05, 0.1) is 18.9 Å². The first-order valence-corrected chi connectivity index (χ1v) is 15.7. The minimum Gasteiger partial charge on any atom is -0.469 e. The molecule has 0 spiro atoms. The van der Waals surface area contributed by atoms with E-state index in [0.29, 0.717) is 17.6 Å². The van der Waals surface area contributed by atoms with Gasteiger partial charge >= 0.3 is 5.97 Å². The van der Waals surface area contributed by atoms with Crippen molar-refractivity contribution in [3.8, 4) is 0 Å². The maximum absolute atomic E-state index is 13.9. The second-order valence-electron chi connectivity index (χ2n) is 16.3. The third-order valence-corrected chi connectivity index (χ3v) is 13.6. The van der Waals surface area contributed by atoms with E-state index in [2.05, 4.69) is 59.5 Å². The fourth-order valence-electron chi connectivity index (χ4n) is 11.3. The van der Waals surface area contributed by atoms with Crippen LogP contribution in [-0.4, -0.2) is 28.4 Å². The number of carbonyl (C=O) groups is 2. The molecule has 1 aromatic heterocycles. The van der Waals surface area contributed by atoms with Gasteiger partial charge < -0.3 is 9.30 Å². The van der Waals surface area contributed by atoms with E-state index in [0.717, 1.165) is 63.4 Å². The second-order valence-corrected chi connectivity index (χ2v) is 16.3. The number of Topliss-reactive ketones (excluding diaryl/α,β-unsaturated/α-hetero) is 1. The van der Waals surface area contributed by atoms with Crippen molar-refractivity contribution in [3.05, 3.63) is 35.9 Å². The molecule has 5 aliphatic rings. The number of methoxy groups -OCH3 is 1. The van der Waals surface area contributed by atoms with E-state index in [4.69, 9.17) is 4.74 Å². The molecule has 1 aromatic rings. The zero-order chi connectivity index (χ0) is 28.9. The van der Waals surface area contributed by atoms with Gasteiger partial charge in [-0.2, -0.15) is 0 Å². The van der Waals surface area contributed by atoms with Crippen LogP contribution >= 0.6 is 0 Å². The Hall–Kier alpha value is -2.17. The average molecular weight is 547 g/mol. The van der Waals surface area contributed by atoms with Gasteiger partial charge in [-0.1, -0.05) is 60.1 Å². The normalized spacial score (nSPS) is 44.5. The van der Waals surface area contributed by atoms with E-state index < -0.39 is 5.41 Å². The van der Waals surface area contributed by atoms with Gasteiger partial charge in [-0.05, 0) is 97.2 Å². The topological polar surface area (TPSA) is 61.2 Å². The summed E-state index contributed by atoms with van der Waals surface area (Å²) in [7, 11) is 1.58. The Morgan fingerprint density at radius 3 is 2.42 bits per heavy atom. The van der Waals surface area contributed by atoms with E-state index >= 15 is 0 Å². The highest BCUT2D eigenvalue weighted by Gasteiger charge is 2.69. The highest BCUT2D eigenvalue weighted by molar-refractivity contribution is 6.03. The summed E-state index contributed by atoms with van der Waals surface area (Å²) in [6.07, 6.45) is 19.2. The molecule has 5 heteroatoms. The van der Waals surface area contributed by atoms with Crippen molar-refractivity contribution in [2.45, 2.75) is 106 Å². The number of carbonyl (C=O) groups excluding carboxylic acids is 2. The van der Waals surface area contributed by atoms with Crippen LogP contribution in [0.1, 0.15) is 106 Å². The quantitative estimate of drug-likeness (QED) is 0.215. The van der Waals surface area contributed by atoms with Gasteiger partial charge in [0.1, 0.15) is 0 Å². The number of hydrogen-bond acceptors (Lipinski definition) is 4. The number of fused-ring (bicyclic) bond motifs is 7. The van der Waals surface area contributed by atoms with Crippen molar-refractivity contribution in [2.24, 2.45) is 50.2 Å². The van der Waals surface area contributed by atoms with E-state index in [9.17, 15) is 9.59 Å². The largest absolute Gasteiger partial charge is 0.469 e. The standard InChI is InChI=1S/C35H50N2O3/c1-30(2)13-15-35(29(39)40-8)16-14-33(6)24(25(35)20-30)9-10-27-32(5)19-23(21-37-18-17-36-22-37)28(38)31(3,4)26(32)11-12-34(27,33)7/h9,17-18,21-22,25-27H,10-16,19-20H2,1-8H3/b23-21-/t25-,26-,27+,32-,33+,34+,35-/m0/s1. The summed E-state index contributed by atoms with van der Waals surface area (Å²) in [5.74, 6) is 1.41. The lowest BCUT2D eigenvalue weighted by Gasteiger charge is -2.70. The molecule has 0 aromatic carbocycles. The van der Waals surface area contributed by atoms with Crippen molar-refractivity contribution in [2.75, 3.05) is 7.11 Å². The zero-order valence-electron chi connectivity index (χ0n) is 26.1. The summed E-state index contributed by atoms with van der Waals surface area (Å²) in [4.78, 5) is 31.6. The lowest BCUT2D eigenvalue weighted by atomic mass is 9.33. The van der Waals surface area contributed by atoms with Crippen molar-refractivity contribution in [1.29, 1.82) is 0 Å². The Morgan fingerprint density at radius 1 is 1.02 bits per heavy atom. The first kappa shape index (κ1) is 28.0. The number of nitrogens with zero attached hydrogens (tertiary/aromatic N) is 2. The fourth-order valence-corrected chi connectivity index (χ4v) is 11.3. The first-order chi connectivity index (χ1) is 18.6. The molecule has 0 amide bonds. The van der Waals surface area contributed by atoms with Crippen LogP contribution in [0.2, 0.25) is 0 Å². The first-order valence-electron chi connectivity index (χ1n) is 15.7. The van der Waals surface area contributed by atoms with Gasteiger partial charge in [-0.25, -0.2) is 4.98 Å². The molecule has 4 fully saturated rings. The van der Waals surface area contributed by atoms with Gasteiger partial charge in [0.25, 0.3) is 0 Å². The third-order valence-electron chi connectivity index (χ3n) is 13.6. The lowest BCUT2D eigenvalue weighted by Crippen LogP contribution is -2.65. The number of ether oxygens (including phenoxy) is 1. The summed E-state index contributed by atoms with van der Waals surface area (Å²) >= 11 is 0. The SMILES string of the molecule is COC(=O)[C@]12CCC(C)(C)C[C@H]1C1=CC[C@@H]3[C@@]4(C)C/C(=C/n5ccnc5)C(=O)C(C)(C)[C@@H]4CC[C@@]3(C)[C@]1(C)CC2. The summed E-state index contributed by atoms with van der Waals surface area (Å²) < 4.78 is 7.46. The van der Waals surface area contributed by atoms with Crippen molar-refractivity contribution in [3.63, 3.8) is 0 Å². The molecule has 0 unspecified atom stereocenters. The highest BCUT2D eigenvalue weighted by atomic mass is 16.5. The van der Waals surface area contributed by atoms with Crippen molar-refractivity contribution >= 4 is 18.0 Å². The summed E-state index contributed by atoms with van der Waals surface area (Å²) in [6.45, 7) is 16.8. The summed E-state index contributed by atoms with van der Waals surface area (Å²) in [5, 5.41) is 0. The molecule has 0 saturated heterocycles. The van der Waals surface area contributed by atoms with E-state index in [1.165, 1.54) is 0 Å². The van der Waals surface area contributed by atoms with Gasteiger partial charge in [0.15, 0.2) is 5.78 Å². The predicted octanol–water partition coefficient (Wildman–Crippen LogP) is 7.88. The van der Waals surface area contributed by atoms with Crippen LogP contribution in [0.15, 0.2) is 35.9 Å². The molecule has 6 rings (SSSR count). The number of esters is 1. The lowest BCUT2D eigenvalue weighted by molar-refractivity contribution is -0.185. The van der Waals surface area contributed by atoms with Crippen LogP contribution in [0.4, 0.5) is 0 Å². The Morgan fingerprint density at radius 2 is 1.75 bits per heavy atom. The van der Waals surface area contributed by atoms with Gasteiger partial charge in [-0.3, -0.25) is 9.59 Å². The third kappa shape index (κ3) is 3.54. The van der Waals surface area contributed by atoms with Gasteiger partial charge in [0, 0.05) is 29.6 Å². The molecule has 1 heterocycles. The number of aromatic nitrogens is 2. The molecule has 0 N–H and O–H groups in total. The van der Waals surface area contributed by atoms with E-state index in [1.54, 1.807) is 25.2 Å². The summed E-state index contributed by atoms with van der Waals surface area (Å²) in [6, 6.07) is 0. The molecular formula is C35H50N2O3. The van der Waals surface area contributed by atoms with Crippen LogP contribution in [0, 0.1) is 50.2 Å². The zero-order valence-corrected chi connectivity index (χ0v) is 26.1. The number of rotatable bonds is 2. The smallest absolute Gasteiger partial charge is 0.312 e. The van der Waals surface area contributed by atoms with Crippen LogP contribution in [0.5, 0.6) is 0 Å². The van der Waals surface area contributed by atoms with Gasteiger partial charge in [0.2, 0.25) is 0 Å². The minimum absolute atomic E-state index is 0.0146. The van der Waals surface area contributed by atoms with Crippen LogP contribution in [-0.2, 0) is 14.3 Å². The molecule has 0 bridgehead atoms. The van der Waals surface area contributed by atoms with E-state index in [-0.39, 0.29) is 39.0 Å². The predicted molar refractivity (Wildman–Crippen MR) is 158 cm³/mol. The van der Waals surface area contributed by atoms with Crippen LogP contribution in [0.25, 0.3) is 6.20 Å². The van der Waals surface area contributed by atoms with Crippen molar-refractivity contribution in [1.82, 2.24) is 9.55 Å². The molecule has 0 radical (unpaired) electrons. The molecule has 40 heavy (non-hydrogen) atoms. The number of hydrogen-bond donors (Lipinski definition) is 0. The minimum atomic E-state index is -0.397. The molecule has 0 aliphatic heterocycles. The van der Waals surface area contributed by atoms with Gasteiger partial charge in [-0.15, -0.1) is 0 Å². The number of allylic oxidation sites excluding steroid dienone is 3. The Bertz CT molecular complexity index is 1290. The number of ketones is 1. The molecule has 5 nitrogen and oxygen atoms in total. The van der Waals surface area contributed by atoms with Crippen molar-refractivity contribution < 1.29 is 14.3 Å². The van der Waals surface area contributed by atoms with E-state index in [1.807, 2.05) is 17.0 Å². The molecule has 4 saturated carbocycles. The Labute approximate surface area is 241 Å². The second kappa shape index (κ2) is 8.67. The molecule has 218 valence electrons. The van der Waals surface area contributed by atoms with Crippen LogP contribution in [0.3, 0.4) is 0 Å². The Kier molecular flexibility index (Phi) is 6.07. The highest BCUT2D eigenvalue weighted by Crippen LogP contribution is 2.75. The fraction of sp³-hybridized carbons (Fsp3) is 0.743. The number of imidazole rings is 1. The maximum Gasteiger partial charge on any atom is 0.312 e. The molecular weight excluding hydrogens is 496 g/mol.